The lowest BCUT2D eigenvalue weighted by Crippen LogP contribution is -2.50. The Hall–Kier alpha value is -1.92. The fraction of sp³-hybridized carbons (Fsp3) is 0.560. The first-order chi connectivity index (χ1) is 17.0. The minimum absolute atomic E-state index is 0.0994. The van der Waals surface area contributed by atoms with Crippen LogP contribution < -0.4 is 9.88 Å². The molecule has 37 heavy (non-hydrogen) atoms. The average molecular weight is 570 g/mol. The fourth-order valence-electron chi connectivity index (χ4n) is 4.21. The van der Waals surface area contributed by atoms with E-state index < -0.39 is 58.5 Å². The highest BCUT2D eigenvalue weighted by molar-refractivity contribution is 7.84. The highest BCUT2D eigenvalue weighted by atomic mass is 32.2. The third-order valence-corrected chi connectivity index (χ3v) is 8.96. The molecule has 1 saturated carbocycles. The van der Waals surface area contributed by atoms with Crippen LogP contribution >= 0.6 is 11.3 Å². The summed E-state index contributed by atoms with van der Waals surface area (Å²) in [7, 11) is -2.13. The topological polar surface area (TPSA) is 69.4 Å². The molecule has 0 spiro atoms. The van der Waals surface area contributed by atoms with Crippen LogP contribution in [0, 0.1) is 0 Å². The van der Waals surface area contributed by atoms with E-state index in [1.54, 1.807) is 12.1 Å². The molecule has 3 rings (SSSR count). The Morgan fingerprint density at radius 2 is 1.68 bits per heavy atom. The number of hydrogen-bond donors (Lipinski definition) is 1. The van der Waals surface area contributed by atoms with Gasteiger partial charge in [-0.25, -0.2) is 4.21 Å². The van der Waals surface area contributed by atoms with Crippen molar-refractivity contribution in [3.8, 4) is 5.75 Å². The van der Waals surface area contributed by atoms with Crippen LogP contribution in [-0.2, 0) is 16.4 Å². The molecule has 2 aromatic rings. The van der Waals surface area contributed by atoms with Gasteiger partial charge in [-0.1, -0.05) is 12.1 Å². The number of carbonyl (C=O) groups is 1. The molecule has 0 bridgehead atoms. The van der Waals surface area contributed by atoms with Crippen molar-refractivity contribution in [3.63, 3.8) is 0 Å². The minimum Gasteiger partial charge on any atom is -0.494 e. The zero-order valence-electron chi connectivity index (χ0n) is 20.4. The van der Waals surface area contributed by atoms with Gasteiger partial charge in [0.25, 0.3) is 0 Å². The number of benzene rings is 1. The Morgan fingerprint density at radius 3 is 2.19 bits per heavy atom. The third kappa shape index (κ3) is 7.57. The van der Waals surface area contributed by atoms with E-state index in [1.807, 2.05) is 0 Å². The van der Waals surface area contributed by atoms with Crippen molar-refractivity contribution in [2.24, 2.45) is 5.14 Å². The smallest absolute Gasteiger partial charge is 0.398 e. The first-order valence-corrected chi connectivity index (χ1v) is 13.7. The number of hydrogen-bond acceptors (Lipinski definition) is 4. The Morgan fingerprint density at radius 1 is 1.05 bits per heavy atom. The number of thiophene rings is 1. The molecule has 206 valence electrons. The van der Waals surface area contributed by atoms with Crippen LogP contribution in [-0.4, -0.2) is 33.7 Å². The summed E-state index contributed by atoms with van der Waals surface area (Å²) in [5.41, 5.74) is -2.95. The maximum Gasteiger partial charge on any atom is 0.398 e. The maximum absolute atomic E-state index is 14.9. The zero-order chi connectivity index (χ0) is 27.6. The summed E-state index contributed by atoms with van der Waals surface area (Å²) in [4.78, 5) is 14.4. The molecule has 1 aromatic carbocycles. The number of carbonyl (C=O) groups excluding carboxylic acids is 1. The van der Waals surface area contributed by atoms with Crippen molar-refractivity contribution in [1.82, 2.24) is 0 Å². The lowest BCUT2D eigenvalue weighted by molar-refractivity contribution is -0.194. The minimum atomic E-state index is -4.91. The molecule has 2 atom stereocenters. The molecule has 1 fully saturated rings. The molecule has 0 aliphatic heterocycles. The van der Waals surface area contributed by atoms with Gasteiger partial charge < -0.3 is 4.74 Å². The number of Topliss-reactive ketones (excluding diaryl/α,β-unsaturated/α-hetero) is 1. The molecule has 0 saturated heterocycles. The fourth-order valence-corrected chi connectivity index (χ4v) is 5.72. The zero-order valence-corrected chi connectivity index (χ0v) is 22.0. The summed E-state index contributed by atoms with van der Waals surface area (Å²) in [6.45, 7) is 2.44. The average Bonchev–Trinajstić information content (AvgIpc) is 3.51. The lowest BCUT2D eigenvalue weighted by atomic mass is 9.70. The molecule has 1 aromatic heterocycles. The molecular weight excluding hydrogens is 540 g/mol. The van der Waals surface area contributed by atoms with E-state index in [9.17, 15) is 35.3 Å². The van der Waals surface area contributed by atoms with E-state index in [-0.39, 0.29) is 29.2 Å². The van der Waals surface area contributed by atoms with Crippen LogP contribution in [0.5, 0.6) is 5.75 Å². The highest BCUT2D eigenvalue weighted by Gasteiger charge is 2.59. The van der Waals surface area contributed by atoms with Gasteiger partial charge in [0.2, 0.25) is 0 Å². The van der Waals surface area contributed by atoms with Gasteiger partial charge in [-0.2, -0.15) is 26.3 Å². The van der Waals surface area contributed by atoms with Crippen molar-refractivity contribution in [2.45, 2.75) is 80.8 Å². The molecule has 2 N–H and O–H groups in total. The monoisotopic (exact) mass is 569 g/mol. The molecule has 1 aliphatic rings. The lowest BCUT2D eigenvalue weighted by Gasteiger charge is -2.40. The SMILES string of the molecule is CC(C)(C[C@@](CC(=O)c1ccc(C2CC2)s1)(c1ccc(OCCCC(F)(F)F)cc1)C(F)(F)F)S(N)=O. The van der Waals surface area contributed by atoms with Crippen LogP contribution in [0.2, 0.25) is 0 Å². The summed E-state index contributed by atoms with van der Waals surface area (Å²) in [6, 6.07) is 8.09. The molecule has 12 heteroatoms. The second kappa shape index (κ2) is 11.1. The molecule has 1 aliphatic carbocycles. The number of nitrogens with two attached hydrogens (primary N) is 1. The number of halogens is 6. The van der Waals surface area contributed by atoms with Crippen molar-refractivity contribution in [2.75, 3.05) is 6.61 Å². The van der Waals surface area contributed by atoms with Crippen molar-refractivity contribution in [1.29, 1.82) is 0 Å². The standard InChI is InChI=1S/C25H29F6NO3S2/c1-22(2,37(32)34)15-23(25(29,30)31,14-19(33)21-11-10-20(36-21)16-4-5-16)17-6-8-18(9-7-17)35-13-3-12-24(26,27)28/h6-11,16H,3-5,12-15,32H2,1-2H3/t23-,37?/m0/s1. The predicted octanol–water partition coefficient (Wildman–Crippen LogP) is 7.21. The Balaban J connectivity index is 1.92. The summed E-state index contributed by atoms with van der Waals surface area (Å²) < 4.78 is 97.6. The van der Waals surface area contributed by atoms with Gasteiger partial charge in [-0.15, -0.1) is 11.3 Å². The Bertz CT molecular complexity index is 1110. The molecule has 0 amide bonds. The van der Waals surface area contributed by atoms with Crippen LogP contribution in [0.15, 0.2) is 36.4 Å². The second-order valence-electron chi connectivity index (χ2n) is 9.98. The Kier molecular flexibility index (Phi) is 8.85. The number of rotatable bonds is 12. The van der Waals surface area contributed by atoms with Gasteiger partial charge >= 0.3 is 12.4 Å². The maximum atomic E-state index is 14.9. The van der Waals surface area contributed by atoms with Gasteiger partial charge in [0.1, 0.15) is 5.75 Å². The van der Waals surface area contributed by atoms with Crippen molar-refractivity contribution < 1.29 is 40.1 Å². The predicted molar refractivity (Wildman–Crippen MR) is 131 cm³/mol. The van der Waals surface area contributed by atoms with Crippen LogP contribution in [0.25, 0.3) is 0 Å². The van der Waals surface area contributed by atoms with Gasteiger partial charge in [0.05, 0.1) is 32.6 Å². The first kappa shape index (κ1) is 29.6. The largest absolute Gasteiger partial charge is 0.494 e. The third-order valence-electron chi connectivity index (χ3n) is 6.44. The first-order valence-electron chi connectivity index (χ1n) is 11.7. The van der Waals surface area contributed by atoms with E-state index in [1.165, 1.54) is 37.3 Å². The van der Waals surface area contributed by atoms with E-state index in [2.05, 4.69) is 0 Å². The number of ether oxygens (including phenoxy) is 1. The summed E-state index contributed by atoms with van der Waals surface area (Å²) >= 11 is 1.20. The van der Waals surface area contributed by atoms with E-state index >= 15 is 0 Å². The molecular formula is C25H29F6NO3S2. The van der Waals surface area contributed by atoms with Crippen LogP contribution in [0.4, 0.5) is 26.3 Å². The quantitative estimate of drug-likeness (QED) is 0.167. The van der Waals surface area contributed by atoms with Gasteiger partial charge in [0, 0.05) is 17.7 Å². The van der Waals surface area contributed by atoms with Gasteiger partial charge in [0.15, 0.2) is 5.78 Å². The van der Waals surface area contributed by atoms with E-state index in [4.69, 9.17) is 9.88 Å². The van der Waals surface area contributed by atoms with Crippen molar-refractivity contribution in [3.05, 3.63) is 51.7 Å². The van der Waals surface area contributed by atoms with E-state index in [0.29, 0.717) is 5.92 Å². The number of ketones is 1. The highest BCUT2D eigenvalue weighted by Crippen LogP contribution is 2.51. The molecule has 4 nitrogen and oxygen atoms in total. The second-order valence-corrected chi connectivity index (χ2v) is 12.8. The summed E-state index contributed by atoms with van der Waals surface area (Å²) in [5, 5.41) is 5.53. The van der Waals surface area contributed by atoms with E-state index in [0.717, 1.165) is 29.9 Å². The summed E-state index contributed by atoms with van der Waals surface area (Å²) in [5.74, 6) is -0.233. The van der Waals surface area contributed by atoms with Gasteiger partial charge in [-0.05, 0) is 75.3 Å². The molecule has 0 radical (unpaired) electrons. The van der Waals surface area contributed by atoms with Crippen LogP contribution in [0.3, 0.4) is 0 Å². The van der Waals surface area contributed by atoms with Crippen molar-refractivity contribution >= 4 is 28.1 Å². The summed E-state index contributed by atoms with van der Waals surface area (Å²) in [6.07, 6.45) is -10.2. The van der Waals surface area contributed by atoms with Crippen LogP contribution in [0.1, 0.15) is 78.4 Å². The van der Waals surface area contributed by atoms with Gasteiger partial charge in [-0.3, -0.25) is 9.93 Å². The molecule has 1 heterocycles. The number of alkyl halides is 6. The normalized spacial score (nSPS) is 17.3. The Labute approximate surface area is 218 Å². The molecule has 1 unspecified atom stereocenters.